The molecule has 0 spiro atoms. The number of nitrogens with two attached hydrogens (primary N) is 1. The predicted octanol–water partition coefficient (Wildman–Crippen LogP) is 0.549. The summed E-state index contributed by atoms with van der Waals surface area (Å²) in [5.74, 6) is -0.192. The number of nitrogen functional groups attached to an aromatic ring is 1. The van der Waals surface area contributed by atoms with Crippen molar-refractivity contribution >= 4 is 11.6 Å². The highest BCUT2D eigenvalue weighted by Gasteiger charge is 2.07. The zero-order valence-electron chi connectivity index (χ0n) is 7.29. The fraction of sp³-hybridized carbons (Fsp3) is 0. The molecule has 2 N–H and O–H groups in total. The highest BCUT2D eigenvalue weighted by Crippen LogP contribution is 2.05. The minimum Gasteiger partial charge on any atom is -0.397 e. The Morgan fingerprint density at radius 1 is 1.36 bits per heavy atom. The van der Waals surface area contributed by atoms with Crippen LogP contribution in [0.1, 0.15) is 10.4 Å². The van der Waals surface area contributed by atoms with Crippen molar-refractivity contribution in [3.05, 3.63) is 42.7 Å². The smallest absolute Gasteiger partial charge is 0.264 e. The van der Waals surface area contributed by atoms with E-state index in [1.54, 1.807) is 12.3 Å². The van der Waals surface area contributed by atoms with Crippen LogP contribution < -0.4 is 5.73 Å². The molecule has 2 rings (SSSR count). The van der Waals surface area contributed by atoms with Crippen LogP contribution in [0.25, 0.3) is 0 Å². The van der Waals surface area contributed by atoms with E-state index in [1.807, 2.05) is 0 Å². The van der Waals surface area contributed by atoms with Crippen LogP contribution in [0.4, 0.5) is 5.69 Å². The van der Waals surface area contributed by atoms with Gasteiger partial charge in [-0.3, -0.25) is 14.3 Å². The van der Waals surface area contributed by atoms with Gasteiger partial charge in [-0.1, -0.05) is 0 Å². The van der Waals surface area contributed by atoms with Crippen LogP contribution in [0, 0.1) is 0 Å². The molecule has 2 aromatic heterocycles. The molecule has 0 saturated carbocycles. The summed E-state index contributed by atoms with van der Waals surface area (Å²) in [7, 11) is 0. The Bertz CT molecular complexity index is 450. The Labute approximate surface area is 80.2 Å². The van der Waals surface area contributed by atoms with Gasteiger partial charge in [-0.05, 0) is 6.07 Å². The molecule has 0 amide bonds. The van der Waals surface area contributed by atoms with E-state index < -0.39 is 0 Å². The van der Waals surface area contributed by atoms with E-state index in [-0.39, 0.29) is 5.91 Å². The maximum Gasteiger partial charge on any atom is 0.264 e. The lowest BCUT2D eigenvalue weighted by atomic mass is 10.2. The molecule has 70 valence electrons. The molecule has 14 heavy (non-hydrogen) atoms. The number of nitrogens with zero attached hydrogens (tertiary/aromatic N) is 3. The number of carbonyl (C=O) groups is 1. The van der Waals surface area contributed by atoms with Crippen LogP contribution in [0.5, 0.6) is 0 Å². The van der Waals surface area contributed by atoms with Crippen molar-refractivity contribution in [3.8, 4) is 0 Å². The third-order valence-corrected chi connectivity index (χ3v) is 1.75. The molecule has 0 bridgehead atoms. The highest BCUT2D eigenvalue weighted by molar-refractivity contribution is 5.96. The first-order valence-electron chi connectivity index (χ1n) is 4.00. The molecule has 0 unspecified atom stereocenters. The maximum atomic E-state index is 11.7. The molecule has 2 aromatic rings. The Morgan fingerprint density at radius 3 is 2.86 bits per heavy atom. The molecule has 0 radical (unpaired) electrons. The van der Waals surface area contributed by atoms with Crippen molar-refractivity contribution in [2.24, 2.45) is 0 Å². The van der Waals surface area contributed by atoms with Crippen LogP contribution in [0.3, 0.4) is 0 Å². The highest BCUT2D eigenvalue weighted by atomic mass is 16.2. The van der Waals surface area contributed by atoms with E-state index in [0.717, 1.165) is 0 Å². The number of hydrogen-bond acceptors (Lipinski definition) is 4. The number of anilines is 1. The van der Waals surface area contributed by atoms with E-state index >= 15 is 0 Å². The molecule has 0 aliphatic rings. The zero-order chi connectivity index (χ0) is 9.97. The van der Waals surface area contributed by atoms with Crippen molar-refractivity contribution in [3.63, 3.8) is 0 Å². The Balaban J connectivity index is 2.37. The summed E-state index contributed by atoms with van der Waals surface area (Å²) in [4.78, 5) is 19.3. The van der Waals surface area contributed by atoms with E-state index in [0.29, 0.717) is 11.3 Å². The van der Waals surface area contributed by atoms with Gasteiger partial charge in [-0.15, -0.1) is 0 Å². The quantitative estimate of drug-likeness (QED) is 0.709. The van der Waals surface area contributed by atoms with E-state index in [2.05, 4.69) is 9.97 Å². The molecule has 2 heterocycles. The molecule has 0 aromatic carbocycles. The van der Waals surface area contributed by atoms with Crippen molar-refractivity contribution in [2.75, 3.05) is 5.73 Å². The van der Waals surface area contributed by atoms with Crippen molar-refractivity contribution in [1.29, 1.82) is 0 Å². The van der Waals surface area contributed by atoms with Crippen LogP contribution in [-0.4, -0.2) is 20.4 Å². The number of rotatable bonds is 1. The van der Waals surface area contributed by atoms with Gasteiger partial charge in [0.25, 0.3) is 5.91 Å². The minimum atomic E-state index is -0.192. The number of aromatic nitrogens is 3. The molecule has 0 saturated heterocycles. The molecule has 0 aliphatic heterocycles. The minimum absolute atomic E-state index is 0.192. The van der Waals surface area contributed by atoms with Gasteiger partial charge < -0.3 is 5.73 Å². The largest absolute Gasteiger partial charge is 0.397 e. The van der Waals surface area contributed by atoms with Gasteiger partial charge in [0.2, 0.25) is 0 Å². The Hall–Kier alpha value is -2.17. The average molecular weight is 188 g/mol. The summed E-state index contributed by atoms with van der Waals surface area (Å²) in [6.45, 7) is 0. The summed E-state index contributed by atoms with van der Waals surface area (Å²) in [6, 6.07) is 1.58. The van der Waals surface area contributed by atoms with Gasteiger partial charge >= 0.3 is 0 Å². The van der Waals surface area contributed by atoms with Crippen molar-refractivity contribution < 1.29 is 4.79 Å². The molecule has 0 atom stereocenters. The third-order valence-electron chi connectivity index (χ3n) is 1.75. The normalized spacial score (nSPS) is 10.0. The molecular formula is C9H8N4O. The number of carbonyl (C=O) groups excluding carboxylic acids is 1. The summed E-state index contributed by atoms with van der Waals surface area (Å²) in [6.07, 6.45) is 7.51. The molecule has 0 aliphatic carbocycles. The summed E-state index contributed by atoms with van der Waals surface area (Å²) < 4.78 is 1.37. The summed E-state index contributed by atoms with van der Waals surface area (Å²) in [5.41, 5.74) is 6.43. The van der Waals surface area contributed by atoms with E-state index in [4.69, 9.17) is 5.73 Å². The van der Waals surface area contributed by atoms with Crippen LogP contribution in [0.2, 0.25) is 0 Å². The average Bonchev–Trinajstić information content (AvgIpc) is 2.69. The number of imidazole rings is 1. The lowest BCUT2D eigenvalue weighted by molar-refractivity contribution is 0.0959. The van der Waals surface area contributed by atoms with Crippen molar-refractivity contribution in [2.45, 2.75) is 0 Å². The van der Waals surface area contributed by atoms with Crippen molar-refractivity contribution in [1.82, 2.24) is 14.5 Å². The first kappa shape index (κ1) is 8.43. The van der Waals surface area contributed by atoms with Gasteiger partial charge in [0.15, 0.2) is 0 Å². The second-order valence-corrected chi connectivity index (χ2v) is 2.78. The second kappa shape index (κ2) is 3.29. The lowest BCUT2D eigenvalue weighted by Crippen LogP contribution is -2.10. The van der Waals surface area contributed by atoms with Gasteiger partial charge in [-0.2, -0.15) is 0 Å². The monoisotopic (exact) mass is 188 g/mol. The standard InChI is InChI=1S/C9H8N4O/c10-8-3-7(4-12-5-8)9(14)13-2-1-11-6-13/h1-6H,10H2. The topological polar surface area (TPSA) is 73.8 Å². The SMILES string of the molecule is Nc1cncc(C(=O)n2ccnc2)c1. The van der Waals surface area contributed by atoms with E-state index in [9.17, 15) is 4.79 Å². The molecular weight excluding hydrogens is 180 g/mol. The second-order valence-electron chi connectivity index (χ2n) is 2.78. The number of pyridine rings is 1. The van der Waals surface area contributed by atoms with Gasteiger partial charge in [0.1, 0.15) is 6.33 Å². The fourth-order valence-corrected chi connectivity index (χ4v) is 1.10. The maximum absolute atomic E-state index is 11.7. The van der Waals surface area contributed by atoms with E-state index in [1.165, 1.54) is 29.5 Å². The van der Waals surface area contributed by atoms with Gasteiger partial charge in [0.05, 0.1) is 11.3 Å². The summed E-state index contributed by atoms with van der Waals surface area (Å²) >= 11 is 0. The fourth-order valence-electron chi connectivity index (χ4n) is 1.10. The van der Waals surface area contributed by atoms with Gasteiger partial charge in [-0.25, -0.2) is 4.98 Å². The molecule has 5 heteroatoms. The summed E-state index contributed by atoms with van der Waals surface area (Å²) in [5, 5.41) is 0. The first-order valence-corrected chi connectivity index (χ1v) is 4.00. The Kier molecular flexibility index (Phi) is 1.98. The number of hydrogen-bond donors (Lipinski definition) is 1. The van der Waals surface area contributed by atoms with Gasteiger partial charge in [0, 0.05) is 24.8 Å². The zero-order valence-corrected chi connectivity index (χ0v) is 7.29. The third kappa shape index (κ3) is 1.47. The lowest BCUT2D eigenvalue weighted by Gasteiger charge is -2.00. The predicted molar refractivity (Wildman–Crippen MR) is 50.6 cm³/mol. The molecule has 0 fully saturated rings. The van der Waals surface area contributed by atoms with Crippen LogP contribution >= 0.6 is 0 Å². The molecule has 5 nitrogen and oxygen atoms in total. The van der Waals surface area contributed by atoms with Crippen LogP contribution in [0.15, 0.2) is 37.2 Å². The first-order chi connectivity index (χ1) is 6.77. The Morgan fingerprint density at radius 2 is 2.21 bits per heavy atom. The van der Waals surface area contributed by atoms with Crippen LogP contribution in [-0.2, 0) is 0 Å².